The number of hydrogen-bond donors (Lipinski definition) is 1. The fourth-order valence-corrected chi connectivity index (χ4v) is 4.23. The van der Waals surface area contributed by atoms with Gasteiger partial charge in [0.05, 0.1) is 0 Å². The summed E-state index contributed by atoms with van der Waals surface area (Å²) in [6.45, 7) is 4.37. The van der Waals surface area contributed by atoms with Gasteiger partial charge in [-0.1, -0.05) is 19.3 Å². The number of hydrogen-bond acceptors (Lipinski definition) is 2. The Morgan fingerprint density at radius 3 is 2.15 bits per heavy atom. The van der Waals surface area contributed by atoms with Crippen molar-refractivity contribution in [1.82, 2.24) is 10.2 Å². The molecule has 0 radical (unpaired) electrons. The van der Waals surface area contributed by atoms with Crippen molar-refractivity contribution in [3.63, 3.8) is 0 Å². The maximum atomic E-state index is 12.4. The highest BCUT2D eigenvalue weighted by molar-refractivity contribution is 5.85. The Balaban J connectivity index is 0.00000147. The number of amides is 1. The van der Waals surface area contributed by atoms with Crippen LogP contribution in [0.15, 0.2) is 0 Å². The highest BCUT2D eigenvalue weighted by atomic mass is 35.5. The number of halogens is 1. The lowest BCUT2D eigenvalue weighted by molar-refractivity contribution is -0.132. The third-order valence-corrected chi connectivity index (χ3v) is 5.56. The second kappa shape index (κ2) is 7.65. The third kappa shape index (κ3) is 3.88. The molecule has 116 valence electrons. The summed E-state index contributed by atoms with van der Waals surface area (Å²) in [7, 11) is 0. The number of fused-ring (bicyclic) bond motifs is 1. The molecular formula is C16H29ClN2O. The van der Waals surface area contributed by atoms with Crippen LogP contribution in [-0.4, -0.2) is 37.0 Å². The second-order valence-electron chi connectivity index (χ2n) is 6.84. The van der Waals surface area contributed by atoms with E-state index in [9.17, 15) is 4.79 Å². The molecule has 3 rings (SSSR count). The molecular weight excluding hydrogens is 272 g/mol. The lowest BCUT2D eigenvalue weighted by atomic mass is 9.86. The van der Waals surface area contributed by atoms with Crippen molar-refractivity contribution in [3.05, 3.63) is 0 Å². The van der Waals surface area contributed by atoms with Gasteiger partial charge in [0.1, 0.15) is 0 Å². The second-order valence-corrected chi connectivity index (χ2v) is 6.84. The standard InChI is InChI=1S/C16H28N2O.ClH/c19-16(10-13-4-2-1-3-5-13)18-8-6-14-11-17-12-15(14)7-9-18;/h13-15,17H,1-12H2;1H/t14-,15+;. The highest BCUT2D eigenvalue weighted by Gasteiger charge is 2.31. The largest absolute Gasteiger partial charge is 0.343 e. The molecule has 0 spiro atoms. The zero-order valence-electron chi connectivity index (χ0n) is 12.5. The van der Waals surface area contributed by atoms with E-state index in [1.807, 2.05) is 0 Å². The van der Waals surface area contributed by atoms with Gasteiger partial charge >= 0.3 is 0 Å². The average molecular weight is 301 g/mol. The van der Waals surface area contributed by atoms with E-state index in [2.05, 4.69) is 10.2 Å². The van der Waals surface area contributed by atoms with Crippen molar-refractivity contribution in [2.24, 2.45) is 17.8 Å². The molecule has 0 aromatic rings. The predicted octanol–water partition coefficient (Wildman–Crippen LogP) is 2.84. The minimum absolute atomic E-state index is 0. The van der Waals surface area contributed by atoms with Crippen molar-refractivity contribution in [2.45, 2.75) is 51.4 Å². The Morgan fingerprint density at radius 1 is 0.950 bits per heavy atom. The molecule has 1 aliphatic carbocycles. The molecule has 2 atom stereocenters. The van der Waals surface area contributed by atoms with Gasteiger partial charge in [0.25, 0.3) is 0 Å². The molecule has 0 aromatic heterocycles. The fourth-order valence-electron chi connectivity index (χ4n) is 4.23. The fraction of sp³-hybridized carbons (Fsp3) is 0.938. The summed E-state index contributed by atoms with van der Waals surface area (Å²) in [5.74, 6) is 2.78. The minimum atomic E-state index is 0. The first kappa shape index (κ1) is 16.1. The van der Waals surface area contributed by atoms with Gasteiger partial charge in [0.2, 0.25) is 5.91 Å². The van der Waals surface area contributed by atoms with Gasteiger partial charge in [-0.15, -0.1) is 12.4 Å². The van der Waals surface area contributed by atoms with E-state index in [-0.39, 0.29) is 12.4 Å². The molecule has 1 saturated carbocycles. The first-order chi connectivity index (χ1) is 9.33. The van der Waals surface area contributed by atoms with Gasteiger partial charge in [0, 0.05) is 19.5 Å². The number of carbonyl (C=O) groups is 1. The van der Waals surface area contributed by atoms with Crippen LogP contribution < -0.4 is 5.32 Å². The van der Waals surface area contributed by atoms with Crippen molar-refractivity contribution < 1.29 is 4.79 Å². The van der Waals surface area contributed by atoms with Crippen LogP contribution in [0.3, 0.4) is 0 Å². The lowest BCUT2D eigenvalue weighted by Gasteiger charge is -2.26. The summed E-state index contributed by atoms with van der Waals surface area (Å²) in [6.07, 6.45) is 9.89. The molecule has 2 heterocycles. The van der Waals surface area contributed by atoms with Crippen LogP contribution in [0.5, 0.6) is 0 Å². The predicted molar refractivity (Wildman–Crippen MR) is 84.1 cm³/mol. The van der Waals surface area contributed by atoms with Gasteiger partial charge in [-0.3, -0.25) is 4.79 Å². The summed E-state index contributed by atoms with van der Waals surface area (Å²) in [6, 6.07) is 0. The summed E-state index contributed by atoms with van der Waals surface area (Å²) in [4.78, 5) is 14.6. The van der Waals surface area contributed by atoms with E-state index < -0.39 is 0 Å². The summed E-state index contributed by atoms with van der Waals surface area (Å²) in [5.41, 5.74) is 0. The third-order valence-electron chi connectivity index (χ3n) is 5.56. The molecule has 3 aliphatic rings. The zero-order chi connectivity index (χ0) is 13.1. The van der Waals surface area contributed by atoms with E-state index >= 15 is 0 Å². The Kier molecular flexibility index (Phi) is 6.16. The van der Waals surface area contributed by atoms with E-state index in [1.54, 1.807) is 0 Å². The molecule has 3 nitrogen and oxygen atoms in total. The SMILES string of the molecule is Cl.O=C(CC1CCCCC1)N1CC[C@@H]2CNC[C@@H]2CC1. The quantitative estimate of drug-likeness (QED) is 0.850. The Bertz CT molecular complexity index is 304. The molecule has 0 aromatic carbocycles. The van der Waals surface area contributed by atoms with Gasteiger partial charge in [0.15, 0.2) is 0 Å². The van der Waals surface area contributed by atoms with Gasteiger partial charge in [-0.05, 0) is 56.5 Å². The molecule has 0 bridgehead atoms. The number of nitrogens with one attached hydrogen (secondary N) is 1. The van der Waals surface area contributed by atoms with E-state index in [0.29, 0.717) is 11.8 Å². The molecule has 2 saturated heterocycles. The number of rotatable bonds is 2. The van der Waals surface area contributed by atoms with Crippen LogP contribution >= 0.6 is 12.4 Å². The van der Waals surface area contributed by atoms with Crippen LogP contribution in [0.4, 0.5) is 0 Å². The first-order valence-corrected chi connectivity index (χ1v) is 8.31. The average Bonchev–Trinajstić information content (AvgIpc) is 2.78. The Hall–Kier alpha value is -0.280. The molecule has 20 heavy (non-hydrogen) atoms. The van der Waals surface area contributed by atoms with Crippen LogP contribution in [0.25, 0.3) is 0 Å². The van der Waals surface area contributed by atoms with Crippen LogP contribution in [0.2, 0.25) is 0 Å². The minimum Gasteiger partial charge on any atom is -0.343 e. The monoisotopic (exact) mass is 300 g/mol. The maximum Gasteiger partial charge on any atom is 0.222 e. The summed E-state index contributed by atoms with van der Waals surface area (Å²) in [5, 5.41) is 3.50. The van der Waals surface area contributed by atoms with Crippen LogP contribution in [0.1, 0.15) is 51.4 Å². The maximum absolute atomic E-state index is 12.4. The Labute approximate surface area is 129 Å². The molecule has 0 unspecified atom stereocenters. The molecule has 4 heteroatoms. The first-order valence-electron chi connectivity index (χ1n) is 8.31. The molecule has 1 amide bonds. The Morgan fingerprint density at radius 2 is 1.55 bits per heavy atom. The van der Waals surface area contributed by atoms with Crippen LogP contribution in [0, 0.1) is 17.8 Å². The van der Waals surface area contributed by atoms with Gasteiger partial charge in [-0.25, -0.2) is 0 Å². The van der Waals surface area contributed by atoms with Crippen molar-refractivity contribution >= 4 is 18.3 Å². The normalized spacial score (nSPS) is 31.3. The highest BCUT2D eigenvalue weighted by Crippen LogP contribution is 2.30. The number of likely N-dealkylation sites (tertiary alicyclic amines) is 1. The number of nitrogens with zero attached hydrogens (tertiary/aromatic N) is 1. The zero-order valence-corrected chi connectivity index (χ0v) is 13.3. The molecule has 2 aliphatic heterocycles. The van der Waals surface area contributed by atoms with E-state index in [4.69, 9.17) is 0 Å². The van der Waals surface area contributed by atoms with Crippen molar-refractivity contribution in [3.8, 4) is 0 Å². The van der Waals surface area contributed by atoms with Gasteiger partial charge < -0.3 is 10.2 Å². The van der Waals surface area contributed by atoms with Gasteiger partial charge in [-0.2, -0.15) is 0 Å². The van der Waals surface area contributed by atoms with Crippen molar-refractivity contribution in [1.29, 1.82) is 0 Å². The molecule has 3 fully saturated rings. The summed E-state index contributed by atoms with van der Waals surface area (Å²) < 4.78 is 0. The van der Waals surface area contributed by atoms with Crippen molar-refractivity contribution in [2.75, 3.05) is 26.2 Å². The van der Waals surface area contributed by atoms with E-state index in [0.717, 1.165) is 31.3 Å². The number of carbonyl (C=O) groups excluding carboxylic acids is 1. The smallest absolute Gasteiger partial charge is 0.222 e. The lowest BCUT2D eigenvalue weighted by Crippen LogP contribution is -2.34. The van der Waals surface area contributed by atoms with Crippen LogP contribution in [-0.2, 0) is 4.79 Å². The molecule has 1 N–H and O–H groups in total. The summed E-state index contributed by atoms with van der Waals surface area (Å²) >= 11 is 0. The topological polar surface area (TPSA) is 32.3 Å². The van der Waals surface area contributed by atoms with E-state index in [1.165, 1.54) is 58.0 Å².